The molecule has 0 fully saturated rings. The fourth-order valence-electron chi connectivity index (χ4n) is 1.14. The van der Waals surface area contributed by atoms with Crippen LogP contribution in [0.15, 0.2) is 0 Å². The van der Waals surface area contributed by atoms with Crippen molar-refractivity contribution in [2.24, 2.45) is 0 Å². The fraction of sp³-hybridized carbons (Fsp3) is 0.875. The number of tetrazole rings is 1. The normalized spacial score (nSPS) is 13.1. The summed E-state index contributed by atoms with van der Waals surface area (Å²) in [6, 6.07) is 0.526. The molecule has 1 rings (SSSR count). The van der Waals surface area contributed by atoms with Crippen LogP contribution in [0.4, 0.5) is 0 Å². The van der Waals surface area contributed by atoms with E-state index in [0.717, 1.165) is 5.82 Å². The van der Waals surface area contributed by atoms with Crippen molar-refractivity contribution in [1.29, 1.82) is 0 Å². The SMILES string of the molecule is CCCCC(C)NCc1nn[nH]n1. The molecule has 0 spiro atoms. The molecule has 0 aliphatic heterocycles. The predicted molar refractivity (Wildman–Crippen MR) is 50.0 cm³/mol. The molecule has 0 aliphatic carbocycles. The Morgan fingerprint density at radius 1 is 1.54 bits per heavy atom. The van der Waals surface area contributed by atoms with Gasteiger partial charge in [0.05, 0.1) is 6.54 Å². The molecule has 1 heterocycles. The number of unbranched alkanes of at least 4 members (excludes halogenated alkanes) is 1. The molecule has 2 N–H and O–H groups in total. The topological polar surface area (TPSA) is 66.5 Å². The van der Waals surface area contributed by atoms with E-state index in [-0.39, 0.29) is 0 Å². The Hall–Kier alpha value is -0.970. The highest BCUT2D eigenvalue weighted by molar-refractivity contribution is 4.75. The Labute approximate surface area is 78.3 Å². The summed E-state index contributed by atoms with van der Waals surface area (Å²) in [5, 5.41) is 17.0. The number of rotatable bonds is 6. The van der Waals surface area contributed by atoms with Gasteiger partial charge in [0.25, 0.3) is 0 Å². The summed E-state index contributed by atoms with van der Waals surface area (Å²) in [6.07, 6.45) is 3.71. The van der Waals surface area contributed by atoms with Crippen LogP contribution in [-0.2, 0) is 6.54 Å². The van der Waals surface area contributed by atoms with Crippen molar-refractivity contribution in [2.45, 2.75) is 45.7 Å². The van der Waals surface area contributed by atoms with E-state index in [9.17, 15) is 0 Å². The standard InChI is InChI=1S/C8H17N5/c1-3-4-5-7(2)9-6-8-10-12-13-11-8/h7,9H,3-6H2,1-2H3,(H,10,11,12,13). The minimum atomic E-state index is 0.526. The minimum absolute atomic E-state index is 0.526. The lowest BCUT2D eigenvalue weighted by Gasteiger charge is -2.10. The molecule has 0 radical (unpaired) electrons. The molecule has 1 aromatic rings. The molecule has 74 valence electrons. The Bertz CT molecular complexity index is 208. The average molecular weight is 183 g/mol. The lowest BCUT2D eigenvalue weighted by atomic mass is 10.1. The molecule has 5 nitrogen and oxygen atoms in total. The minimum Gasteiger partial charge on any atom is -0.307 e. The molecule has 0 saturated heterocycles. The summed E-state index contributed by atoms with van der Waals surface area (Å²) < 4.78 is 0. The number of nitrogens with zero attached hydrogens (tertiary/aromatic N) is 3. The lowest BCUT2D eigenvalue weighted by Crippen LogP contribution is -2.25. The third kappa shape index (κ3) is 3.98. The van der Waals surface area contributed by atoms with Crippen LogP contribution >= 0.6 is 0 Å². The van der Waals surface area contributed by atoms with E-state index in [2.05, 4.69) is 39.8 Å². The van der Waals surface area contributed by atoms with Crippen molar-refractivity contribution in [2.75, 3.05) is 0 Å². The Morgan fingerprint density at radius 2 is 2.38 bits per heavy atom. The molecule has 5 heteroatoms. The summed E-state index contributed by atoms with van der Waals surface area (Å²) in [4.78, 5) is 0. The number of nitrogens with one attached hydrogen (secondary N) is 2. The third-order valence-electron chi connectivity index (χ3n) is 1.99. The maximum absolute atomic E-state index is 3.86. The molecule has 1 unspecified atom stereocenters. The van der Waals surface area contributed by atoms with Crippen LogP contribution in [0.2, 0.25) is 0 Å². The fourth-order valence-corrected chi connectivity index (χ4v) is 1.14. The number of aromatic nitrogens is 4. The summed E-state index contributed by atoms with van der Waals surface area (Å²) >= 11 is 0. The maximum Gasteiger partial charge on any atom is 0.188 e. The summed E-state index contributed by atoms with van der Waals surface area (Å²) in [5.74, 6) is 0.725. The van der Waals surface area contributed by atoms with E-state index >= 15 is 0 Å². The Kier molecular flexibility index (Phi) is 4.39. The van der Waals surface area contributed by atoms with E-state index in [0.29, 0.717) is 12.6 Å². The van der Waals surface area contributed by atoms with Gasteiger partial charge in [-0.05, 0) is 13.3 Å². The van der Waals surface area contributed by atoms with E-state index in [1.807, 2.05) is 0 Å². The van der Waals surface area contributed by atoms with E-state index < -0.39 is 0 Å². The highest BCUT2D eigenvalue weighted by atomic mass is 15.5. The van der Waals surface area contributed by atoms with Crippen LogP contribution in [0.1, 0.15) is 38.9 Å². The van der Waals surface area contributed by atoms with Crippen LogP contribution in [0.25, 0.3) is 0 Å². The zero-order valence-electron chi connectivity index (χ0n) is 8.25. The number of hydrogen-bond acceptors (Lipinski definition) is 4. The first-order valence-electron chi connectivity index (χ1n) is 4.78. The van der Waals surface area contributed by atoms with Gasteiger partial charge in [-0.3, -0.25) is 0 Å². The third-order valence-corrected chi connectivity index (χ3v) is 1.99. The first-order valence-corrected chi connectivity index (χ1v) is 4.78. The van der Waals surface area contributed by atoms with Crippen molar-refractivity contribution in [1.82, 2.24) is 25.9 Å². The molecule has 13 heavy (non-hydrogen) atoms. The molecule has 0 aliphatic rings. The Balaban J connectivity index is 2.11. The van der Waals surface area contributed by atoms with Crippen LogP contribution in [0.5, 0.6) is 0 Å². The van der Waals surface area contributed by atoms with Crippen molar-refractivity contribution in [3.05, 3.63) is 5.82 Å². The highest BCUT2D eigenvalue weighted by Gasteiger charge is 2.02. The van der Waals surface area contributed by atoms with Gasteiger partial charge in [0.1, 0.15) is 0 Å². The average Bonchev–Trinajstić information content (AvgIpc) is 2.64. The van der Waals surface area contributed by atoms with Crippen LogP contribution in [-0.4, -0.2) is 26.7 Å². The van der Waals surface area contributed by atoms with Crippen molar-refractivity contribution < 1.29 is 0 Å². The van der Waals surface area contributed by atoms with Gasteiger partial charge in [-0.25, -0.2) is 0 Å². The second kappa shape index (κ2) is 5.64. The second-order valence-corrected chi connectivity index (χ2v) is 3.25. The first-order chi connectivity index (χ1) is 6.33. The predicted octanol–water partition coefficient (Wildman–Crippen LogP) is 0.868. The summed E-state index contributed by atoms with van der Waals surface area (Å²) in [7, 11) is 0. The van der Waals surface area contributed by atoms with Crippen molar-refractivity contribution in [3.8, 4) is 0 Å². The number of hydrogen-bond donors (Lipinski definition) is 2. The first kappa shape index (κ1) is 10.1. The summed E-state index contributed by atoms with van der Waals surface area (Å²) in [6.45, 7) is 5.07. The lowest BCUT2D eigenvalue weighted by molar-refractivity contribution is 0.487. The quantitative estimate of drug-likeness (QED) is 0.686. The van der Waals surface area contributed by atoms with Crippen LogP contribution in [0.3, 0.4) is 0 Å². The molecule has 0 aromatic carbocycles. The highest BCUT2D eigenvalue weighted by Crippen LogP contribution is 1.99. The monoisotopic (exact) mass is 183 g/mol. The molecule has 0 saturated carbocycles. The van der Waals surface area contributed by atoms with Gasteiger partial charge >= 0.3 is 0 Å². The second-order valence-electron chi connectivity index (χ2n) is 3.25. The maximum atomic E-state index is 3.86. The number of aromatic amines is 1. The van der Waals surface area contributed by atoms with Crippen LogP contribution < -0.4 is 5.32 Å². The smallest absolute Gasteiger partial charge is 0.188 e. The molecular weight excluding hydrogens is 166 g/mol. The molecule has 0 amide bonds. The van der Waals surface area contributed by atoms with Crippen LogP contribution in [0, 0.1) is 0 Å². The van der Waals surface area contributed by atoms with Gasteiger partial charge < -0.3 is 5.32 Å². The van der Waals surface area contributed by atoms with Gasteiger partial charge in [-0.2, -0.15) is 5.21 Å². The van der Waals surface area contributed by atoms with Gasteiger partial charge in [0.2, 0.25) is 0 Å². The van der Waals surface area contributed by atoms with Crippen molar-refractivity contribution >= 4 is 0 Å². The number of H-pyrrole nitrogens is 1. The van der Waals surface area contributed by atoms with Crippen molar-refractivity contribution in [3.63, 3.8) is 0 Å². The molecule has 1 aromatic heterocycles. The van der Waals surface area contributed by atoms with Gasteiger partial charge in [0, 0.05) is 6.04 Å². The van der Waals surface area contributed by atoms with Gasteiger partial charge in [0.15, 0.2) is 5.82 Å². The Morgan fingerprint density at radius 3 is 3.00 bits per heavy atom. The van der Waals surface area contributed by atoms with E-state index in [1.165, 1.54) is 19.3 Å². The van der Waals surface area contributed by atoms with E-state index in [4.69, 9.17) is 0 Å². The van der Waals surface area contributed by atoms with Gasteiger partial charge in [-0.15, -0.1) is 10.2 Å². The largest absolute Gasteiger partial charge is 0.307 e. The van der Waals surface area contributed by atoms with E-state index in [1.54, 1.807) is 0 Å². The zero-order valence-corrected chi connectivity index (χ0v) is 8.25. The molecular formula is C8H17N5. The molecule has 0 bridgehead atoms. The molecule has 1 atom stereocenters. The van der Waals surface area contributed by atoms with Gasteiger partial charge in [-0.1, -0.05) is 25.0 Å². The zero-order chi connectivity index (χ0) is 9.52. The summed E-state index contributed by atoms with van der Waals surface area (Å²) in [5.41, 5.74) is 0.